The van der Waals surface area contributed by atoms with Gasteiger partial charge >= 0.3 is 0 Å². The molecular weight excluding hydrogens is 278 g/mol. The maximum absolute atomic E-state index is 5.00. The van der Waals surface area contributed by atoms with E-state index in [0.717, 1.165) is 30.6 Å². The third-order valence-corrected chi connectivity index (χ3v) is 3.00. The molecule has 0 radical (unpaired) electrons. The topological polar surface area (TPSA) is 21.3 Å². The second-order valence-corrected chi connectivity index (χ2v) is 4.80. The largest absolute Gasteiger partial charge is 0.383 e. The van der Waals surface area contributed by atoms with E-state index in [1.807, 2.05) is 6.07 Å². The smallest absolute Gasteiger partial charge is 0.0587 e. The van der Waals surface area contributed by atoms with Gasteiger partial charge in [-0.1, -0.05) is 46.6 Å². The maximum Gasteiger partial charge on any atom is 0.0587 e. The molecule has 1 aromatic rings. The zero-order valence-corrected chi connectivity index (χ0v) is 12.1. The Morgan fingerprint density at radius 1 is 1.47 bits per heavy atom. The van der Waals surface area contributed by atoms with Crippen molar-refractivity contribution < 1.29 is 4.74 Å². The monoisotopic (exact) mass is 297 g/mol. The standard InChI is InChI=1S/C14H20BrNO/c1-3-12(11-16-7-8-17-2)9-13-5-4-6-14(15)10-13/h4-6,9-10,16H,3,7-8,11H2,1-2H3. The fraction of sp³-hybridized carbons (Fsp3) is 0.429. The number of hydrogen-bond donors (Lipinski definition) is 1. The van der Waals surface area contributed by atoms with Crippen LogP contribution in [0, 0.1) is 0 Å². The predicted molar refractivity (Wildman–Crippen MR) is 77.2 cm³/mol. The Morgan fingerprint density at radius 3 is 2.94 bits per heavy atom. The van der Waals surface area contributed by atoms with Crippen LogP contribution in [-0.2, 0) is 4.74 Å². The van der Waals surface area contributed by atoms with Gasteiger partial charge in [0.25, 0.3) is 0 Å². The van der Waals surface area contributed by atoms with Crippen molar-refractivity contribution in [1.82, 2.24) is 5.32 Å². The molecule has 0 atom stereocenters. The molecule has 0 saturated heterocycles. The quantitative estimate of drug-likeness (QED) is 0.778. The first-order valence-electron chi connectivity index (χ1n) is 5.91. The van der Waals surface area contributed by atoms with Crippen LogP contribution in [0.3, 0.4) is 0 Å². The summed E-state index contributed by atoms with van der Waals surface area (Å²) in [6.45, 7) is 4.76. The SMILES string of the molecule is CCC(=Cc1cccc(Br)c1)CNCCOC. The number of halogens is 1. The Kier molecular flexibility index (Phi) is 7.17. The number of methoxy groups -OCH3 is 1. The van der Waals surface area contributed by atoms with Gasteiger partial charge in [0.1, 0.15) is 0 Å². The second-order valence-electron chi connectivity index (χ2n) is 3.88. The van der Waals surface area contributed by atoms with Crippen LogP contribution in [0.2, 0.25) is 0 Å². The summed E-state index contributed by atoms with van der Waals surface area (Å²) >= 11 is 3.49. The minimum absolute atomic E-state index is 0.758. The zero-order valence-electron chi connectivity index (χ0n) is 10.5. The molecule has 0 aliphatic carbocycles. The Balaban J connectivity index is 2.54. The zero-order chi connectivity index (χ0) is 12.5. The molecule has 3 heteroatoms. The molecule has 0 bridgehead atoms. The summed E-state index contributed by atoms with van der Waals surface area (Å²) in [5.41, 5.74) is 2.64. The van der Waals surface area contributed by atoms with Gasteiger partial charge in [0, 0.05) is 24.7 Å². The van der Waals surface area contributed by atoms with Crippen LogP contribution in [0.1, 0.15) is 18.9 Å². The van der Waals surface area contributed by atoms with E-state index in [9.17, 15) is 0 Å². The van der Waals surface area contributed by atoms with Crippen molar-refractivity contribution in [3.63, 3.8) is 0 Å². The van der Waals surface area contributed by atoms with Gasteiger partial charge in [-0.05, 0) is 24.1 Å². The summed E-state index contributed by atoms with van der Waals surface area (Å²) in [5, 5.41) is 3.37. The maximum atomic E-state index is 5.00. The number of rotatable bonds is 7. The highest BCUT2D eigenvalue weighted by Gasteiger charge is 1.96. The normalized spacial score (nSPS) is 11.8. The molecule has 1 N–H and O–H groups in total. The van der Waals surface area contributed by atoms with Gasteiger partial charge in [0.2, 0.25) is 0 Å². The molecule has 1 aromatic carbocycles. The molecule has 1 rings (SSSR count). The fourth-order valence-electron chi connectivity index (χ4n) is 1.53. The molecule has 0 aromatic heterocycles. The van der Waals surface area contributed by atoms with Gasteiger partial charge in [-0.3, -0.25) is 0 Å². The van der Waals surface area contributed by atoms with E-state index in [1.54, 1.807) is 7.11 Å². The molecule has 0 unspecified atom stereocenters. The Hall–Kier alpha value is -0.640. The van der Waals surface area contributed by atoms with Crippen LogP contribution in [0.15, 0.2) is 34.3 Å². The molecule has 94 valence electrons. The second kappa shape index (κ2) is 8.45. The van der Waals surface area contributed by atoms with Gasteiger partial charge in [-0.25, -0.2) is 0 Å². The lowest BCUT2D eigenvalue weighted by atomic mass is 10.1. The minimum atomic E-state index is 0.758. The highest BCUT2D eigenvalue weighted by molar-refractivity contribution is 9.10. The molecule has 0 spiro atoms. The Morgan fingerprint density at radius 2 is 2.29 bits per heavy atom. The molecule has 0 fully saturated rings. The molecule has 0 aliphatic heterocycles. The van der Waals surface area contributed by atoms with Crippen molar-refractivity contribution in [2.24, 2.45) is 0 Å². The van der Waals surface area contributed by atoms with Crippen LogP contribution in [0.5, 0.6) is 0 Å². The predicted octanol–water partition coefficient (Wildman–Crippen LogP) is 3.48. The Bertz CT molecular complexity index is 363. The van der Waals surface area contributed by atoms with Crippen molar-refractivity contribution in [2.45, 2.75) is 13.3 Å². The first kappa shape index (κ1) is 14.4. The van der Waals surface area contributed by atoms with E-state index in [2.05, 4.69) is 52.4 Å². The van der Waals surface area contributed by atoms with Crippen LogP contribution in [-0.4, -0.2) is 26.8 Å². The fourth-order valence-corrected chi connectivity index (χ4v) is 1.95. The van der Waals surface area contributed by atoms with Crippen LogP contribution in [0.4, 0.5) is 0 Å². The molecule has 0 saturated carbocycles. The lowest BCUT2D eigenvalue weighted by Gasteiger charge is -2.07. The minimum Gasteiger partial charge on any atom is -0.383 e. The summed E-state index contributed by atoms with van der Waals surface area (Å²) < 4.78 is 6.12. The Labute approximate surface area is 112 Å². The summed E-state index contributed by atoms with van der Waals surface area (Å²) in [5.74, 6) is 0. The molecular formula is C14H20BrNO. The van der Waals surface area contributed by atoms with Gasteiger partial charge in [0.15, 0.2) is 0 Å². The molecule has 0 aliphatic rings. The van der Waals surface area contributed by atoms with Gasteiger partial charge in [-0.15, -0.1) is 0 Å². The van der Waals surface area contributed by atoms with E-state index >= 15 is 0 Å². The summed E-state index contributed by atoms with van der Waals surface area (Å²) in [6.07, 6.45) is 3.30. The number of nitrogens with one attached hydrogen (secondary N) is 1. The van der Waals surface area contributed by atoms with Crippen molar-refractivity contribution in [3.05, 3.63) is 39.9 Å². The van der Waals surface area contributed by atoms with Gasteiger partial charge in [-0.2, -0.15) is 0 Å². The van der Waals surface area contributed by atoms with E-state index in [4.69, 9.17) is 4.74 Å². The van der Waals surface area contributed by atoms with E-state index in [0.29, 0.717) is 0 Å². The van der Waals surface area contributed by atoms with Crippen LogP contribution >= 0.6 is 15.9 Å². The summed E-state index contributed by atoms with van der Waals surface area (Å²) in [4.78, 5) is 0. The van der Waals surface area contributed by atoms with Crippen molar-refractivity contribution in [1.29, 1.82) is 0 Å². The van der Waals surface area contributed by atoms with Crippen LogP contribution < -0.4 is 5.32 Å². The number of hydrogen-bond acceptors (Lipinski definition) is 2. The van der Waals surface area contributed by atoms with Crippen molar-refractivity contribution in [2.75, 3.05) is 26.8 Å². The number of ether oxygens (including phenoxy) is 1. The van der Waals surface area contributed by atoms with Crippen molar-refractivity contribution in [3.8, 4) is 0 Å². The van der Waals surface area contributed by atoms with Gasteiger partial charge < -0.3 is 10.1 Å². The first-order chi connectivity index (χ1) is 8.26. The van der Waals surface area contributed by atoms with Crippen molar-refractivity contribution >= 4 is 22.0 Å². The summed E-state index contributed by atoms with van der Waals surface area (Å²) in [7, 11) is 1.72. The highest BCUT2D eigenvalue weighted by Crippen LogP contribution is 2.15. The third kappa shape index (κ3) is 6.01. The molecule has 0 heterocycles. The highest BCUT2D eigenvalue weighted by atomic mass is 79.9. The van der Waals surface area contributed by atoms with Gasteiger partial charge in [0.05, 0.1) is 6.61 Å². The van der Waals surface area contributed by atoms with E-state index in [1.165, 1.54) is 11.1 Å². The third-order valence-electron chi connectivity index (χ3n) is 2.51. The molecule has 17 heavy (non-hydrogen) atoms. The lowest BCUT2D eigenvalue weighted by Crippen LogP contribution is -2.21. The molecule has 2 nitrogen and oxygen atoms in total. The summed E-state index contributed by atoms with van der Waals surface area (Å²) in [6, 6.07) is 8.35. The average molecular weight is 298 g/mol. The van der Waals surface area contributed by atoms with E-state index < -0.39 is 0 Å². The number of benzene rings is 1. The van der Waals surface area contributed by atoms with E-state index in [-0.39, 0.29) is 0 Å². The van der Waals surface area contributed by atoms with Crippen LogP contribution in [0.25, 0.3) is 6.08 Å². The molecule has 0 amide bonds. The first-order valence-corrected chi connectivity index (χ1v) is 6.70. The lowest BCUT2D eigenvalue weighted by molar-refractivity contribution is 0.200. The average Bonchev–Trinajstić information content (AvgIpc) is 2.33.